The number of carbonyl (C=O) groups is 2. The highest BCUT2D eigenvalue weighted by molar-refractivity contribution is 7.16. The Hall–Kier alpha value is -2.46. The summed E-state index contributed by atoms with van der Waals surface area (Å²) in [6.07, 6.45) is 4.28. The number of fused-ring (bicyclic) bond motifs is 1. The van der Waals surface area contributed by atoms with E-state index in [2.05, 4.69) is 11.1 Å². The number of hydrogen-bond acceptors (Lipinski definition) is 6. The lowest BCUT2D eigenvalue weighted by Crippen LogP contribution is -2.51. The molecule has 1 saturated carbocycles. The minimum atomic E-state index is -0.775. The number of nitrogens with zero attached hydrogens (tertiary/aromatic N) is 3. The maximum atomic E-state index is 12.4. The lowest BCUT2D eigenvalue weighted by molar-refractivity contribution is -0.138. The first kappa shape index (κ1) is 17.4. The van der Waals surface area contributed by atoms with Crippen molar-refractivity contribution in [3.8, 4) is 6.07 Å². The summed E-state index contributed by atoms with van der Waals surface area (Å²) in [7, 11) is 1.62. The number of nitriles is 1. The summed E-state index contributed by atoms with van der Waals surface area (Å²) < 4.78 is 6.05. The van der Waals surface area contributed by atoms with Gasteiger partial charge in [0.05, 0.1) is 27.4 Å². The fourth-order valence-corrected chi connectivity index (χ4v) is 3.90. The van der Waals surface area contributed by atoms with Crippen molar-refractivity contribution in [1.82, 2.24) is 9.88 Å². The summed E-state index contributed by atoms with van der Waals surface area (Å²) in [4.78, 5) is 30.2. The molecule has 1 fully saturated rings. The molecule has 0 bridgehead atoms. The van der Waals surface area contributed by atoms with Gasteiger partial charge < -0.3 is 9.64 Å². The van der Waals surface area contributed by atoms with Crippen LogP contribution in [0.5, 0.6) is 0 Å². The van der Waals surface area contributed by atoms with Gasteiger partial charge in [-0.15, -0.1) is 11.3 Å². The van der Waals surface area contributed by atoms with Gasteiger partial charge in [0.2, 0.25) is 0 Å². The molecule has 0 saturated heterocycles. The molecule has 1 amide bonds. The largest absolute Gasteiger partial charge is 0.452 e. The first-order valence-corrected chi connectivity index (χ1v) is 9.12. The third-order valence-electron chi connectivity index (χ3n) is 4.80. The third-order valence-corrected chi connectivity index (χ3v) is 5.59. The van der Waals surface area contributed by atoms with Crippen LogP contribution in [0.1, 0.15) is 42.5 Å². The highest BCUT2D eigenvalue weighted by Crippen LogP contribution is 2.32. The predicted molar refractivity (Wildman–Crippen MR) is 94.1 cm³/mol. The van der Waals surface area contributed by atoms with E-state index in [9.17, 15) is 14.9 Å². The zero-order valence-corrected chi connectivity index (χ0v) is 14.8. The quantitative estimate of drug-likeness (QED) is 0.785. The van der Waals surface area contributed by atoms with Crippen LogP contribution < -0.4 is 0 Å². The van der Waals surface area contributed by atoms with Crippen molar-refractivity contribution < 1.29 is 14.3 Å². The number of benzene rings is 1. The van der Waals surface area contributed by atoms with E-state index in [1.54, 1.807) is 30.8 Å². The molecule has 6 nitrogen and oxygen atoms in total. The number of ether oxygens (including phenoxy) is 1. The third kappa shape index (κ3) is 3.49. The summed E-state index contributed by atoms with van der Waals surface area (Å²) >= 11 is 1.44. The number of esters is 1. The second-order valence-electron chi connectivity index (χ2n) is 6.27. The molecule has 130 valence electrons. The van der Waals surface area contributed by atoms with E-state index in [1.807, 2.05) is 0 Å². The highest BCUT2D eigenvalue weighted by atomic mass is 32.1. The van der Waals surface area contributed by atoms with Crippen molar-refractivity contribution in [3.63, 3.8) is 0 Å². The van der Waals surface area contributed by atoms with Gasteiger partial charge in [0.15, 0.2) is 6.61 Å². The van der Waals surface area contributed by atoms with Crippen LogP contribution in [0.25, 0.3) is 10.2 Å². The average Bonchev–Trinajstić information content (AvgIpc) is 3.13. The lowest BCUT2D eigenvalue weighted by Gasteiger charge is -2.38. The number of hydrogen-bond donors (Lipinski definition) is 0. The van der Waals surface area contributed by atoms with E-state index in [4.69, 9.17) is 4.74 Å². The summed E-state index contributed by atoms with van der Waals surface area (Å²) in [6.45, 7) is -0.362. The molecule has 0 aliphatic heterocycles. The van der Waals surface area contributed by atoms with Gasteiger partial charge in [-0.25, -0.2) is 9.78 Å². The Kier molecular flexibility index (Phi) is 5.00. The average molecular weight is 357 g/mol. The molecule has 1 aliphatic carbocycles. The summed E-state index contributed by atoms with van der Waals surface area (Å²) in [6, 6.07) is 7.39. The number of rotatable bonds is 4. The molecule has 0 atom stereocenters. The van der Waals surface area contributed by atoms with E-state index in [0.29, 0.717) is 18.4 Å². The van der Waals surface area contributed by atoms with Gasteiger partial charge in [0.1, 0.15) is 5.54 Å². The van der Waals surface area contributed by atoms with Crippen LogP contribution in [0.15, 0.2) is 23.7 Å². The molecule has 7 heteroatoms. The van der Waals surface area contributed by atoms with E-state index >= 15 is 0 Å². The SMILES string of the molecule is CN(C(=O)COC(=O)c1ccc2ncsc2c1)C1(C#N)CCCCC1. The van der Waals surface area contributed by atoms with E-state index < -0.39 is 11.5 Å². The number of aromatic nitrogens is 1. The Bertz CT molecular complexity index is 833. The molecule has 2 aromatic rings. The van der Waals surface area contributed by atoms with Crippen molar-refractivity contribution in [3.05, 3.63) is 29.3 Å². The predicted octanol–water partition coefficient (Wildman–Crippen LogP) is 3.14. The second kappa shape index (κ2) is 7.19. The van der Waals surface area contributed by atoms with Crippen molar-refractivity contribution in [2.75, 3.05) is 13.7 Å². The zero-order chi connectivity index (χ0) is 17.9. The van der Waals surface area contributed by atoms with Crippen molar-refractivity contribution in [2.45, 2.75) is 37.6 Å². The highest BCUT2D eigenvalue weighted by Gasteiger charge is 2.39. The van der Waals surface area contributed by atoms with Crippen LogP contribution in [0.3, 0.4) is 0 Å². The lowest BCUT2D eigenvalue weighted by atomic mass is 9.81. The number of likely N-dealkylation sites (N-methyl/N-ethyl adjacent to an activating group) is 1. The monoisotopic (exact) mass is 357 g/mol. The van der Waals surface area contributed by atoms with Crippen LogP contribution in [0.2, 0.25) is 0 Å². The molecular weight excluding hydrogens is 338 g/mol. The fourth-order valence-electron chi connectivity index (χ4n) is 3.19. The topological polar surface area (TPSA) is 83.3 Å². The molecule has 0 unspecified atom stereocenters. The van der Waals surface area contributed by atoms with Gasteiger partial charge in [0, 0.05) is 7.05 Å². The molecule has 1 aliphatic rings. The van der Waals surface area contributed by atoms with Crippen molar-refractivity contribution in [2.24, 2.45) is 0 Å². The Balaban J connectivity index is 1.62. The second-order valence-corrected chi connectivity index (χ2v) is 7.15. The van der Waals surface area contributed by atoms with Gasteiger partial charge in [-0.05, 0) is 31.0 Å². The fraction of sp³-hybridized carbons (Fsp3) is 0.444. The van der Waals surface area contributed by atoms with Crippen LogP contribution in [-0.2, 0) is 9.53 Å². The van der Waals surface area contributed by atoms with E-state index in [1.165, 1.54) is 16.2 Å². The van der Waals surface area contributed by atoms with Crippen LogP contribution >= 0.6 is 11.3 Å². The summed E-state index contributed by atoms with van der Waals surface area (Å²) in [5.41, 5.74) is 2.15. The van der Waals surface area contributed by atoms with Gasteiger partial charge in [-0.1, -0.05) is 19.3 Å². The Labute approximate surface area is 150 Å². The number of carbonyl (C=O) groups excluding carboxylic acids is 2. The number of thiazole rings is 1. The van der Waals surface area contributed by atoms with Crippen LogP contribution in [0, 0.1) is 11.3 Å². The maximum Gasteiger partial charge on any atom is 0.338 e. The number of amides is 1. The Morgan fingerprint density at radius 3 is 2.84 bits per heavy atom. The maximum absolute atomic E-state index is 12.4. The van der Waals surface area contributed by atoms with Crippen LogP contribution in [-0.4, -0.2) is 41.0 Å². The molecule has 0 radical (unpaired) electrons. The molecular formula is C18H19N3O3S. The van der Waals surface area contributed by atoms with Crippen molar-refractivity contribution >= 4 is 33.4 Å². The molecule has 25 heavy (non-hydrogen) atoms. The van der Waals surface area contributed by atoms with Crippen molar-refractivity contribution in [1.29, 1.82) is 5.26 Å². The minimum Gasteiger partial charge on any atom is -0.452 e. The molecule has 1 heterocycles. The van der Waals surface area contributed by atoms with Crippen LogP contribution in [0.4, 0.5) is 0 Å². The smallest absolute Gasteiger partial charge is 0.338 e. The summed E-state index contributed by atoms with van der Waals surface area (Å²) in [5, 5.41) is 9.54. The van der Waals surface area contributed by atoms with Gasteiger partial charge in [-0.2, -0.15) is 5.26 Å². The molecule has 0 N–H and O–H groups in total. The normalized spacial score (nSPS) is 16.2. The molecule has 0 spiro atoms. The summed E-state index contributed by atoms with van der Waals surface area (Å²) in [5.74, 6) is -0.901. The minimum absolute atomic E-state index is 0.351. The molecule has 3 rings (SSSR count). The standard InChI is InChI=1S/C18H19N3O3S/c1-21(18(11-19)7-3-2-4-8-18)16(22)10-24-17(23)13-5-6-14-15(9-13)25-12-20-14/h5-6,9,12H,2-4,7-8,10H2,1H3. The van der Waals surface area contributed by atoms with Gasteiger partial charge >= 0.3 is 5.97 Å². The molecule has 1 aromatic heterocycles. The van der Waals surface area contributed by atoms with E-state index in [-0.39, 0.29) is 12.5 Å². The zero-order valence-electron chi connectivity index (χ0n) is 14.0. The van der Waals surface area contributed by atoms with E-state index in [0.717, 1.165) is 29.5 Å². The molecule has 1 aromatic carbocycles. The Morgan fingerprint density at radius 2 is 2.12 bits per heavy atom. The van der Waals surface area contributed by atoms with Gasteiger partial charge in [-0.3, -0.25) is 4.79 Å². The first-order chi connectivity index (χ1) is 12.1. The Morgan fingerprint density at radius 1 is 1.36 bits per heavy atom. The first-order valence-electron chi connectivity index (χ1n) is 8.24. The van der Waals surface area contributed by atoms with Gasteiger partial charge in [0.25, 0.3) is 5.91 Å².